The molecule has 1 amide bonds. The Morgan fingerprint density at radius 1 is 1.21 bits per heavy atom. The average Bonchev–Trinajstić information content (AvgIpc) is 2.66. The highest BCUT2D eigenvalue weighted by Gasteiger charge is 2.45. The van der Waals surface area contributed by atoms with Crippen LogP contribution in [-0.2, 0) is 11.8 Å². The second-order valence-electron chi connectivity index (χ2n) is 8.34. The number of rotatable bonds is 3. The first-order valence-corrected chi connectivity index (χ1v) is 10.2. The fourth-order valence-corrected chi connectivity index (χ4v) is 4.42. The monoisotopic (exact) mass is 418 g/mol. The number of hydrogen-bond acceptors (Lipinski definition) is 6. The number of hydrogen-bond donors (Lipinski definition) is 0. The van der Waals surface area contributed by atoms with E-state index in [9.17, 15) is 9.59 Å². The first-order valence-electron chi connectivity index (χ1n) is 9.82. The maximum absolute atomic E-state index is 13.5. The summed E-state index contributed by atoms with van der Waals surface area (Å²) in [6.07, 6.45) is 1.55. The van der Waals surface area contributed by atoms with Crippen LogP contribution in [0.25, 0.3) is 11.0 Å². The van der Waals surface area contributed by atoms with Gasteiger partial charge in [0.05, 0.1) is 10.7 Å². The number of carbonyl (C=O) groups is 1. The molecule has 2 aromatic heterocycles. The van der Waals surface area contributed by atoms with Gasteiger partial charge in [-0.05, 0) is 34.1 Å². The van der Waals surface area contributed by atoms with Crippen LogP contribution >= 0.6 is 11.6 Å². The number of fused-ring (bicyclic) bond motifs is 5. The number of pyridine rings is 2. The maximum Gasteiger partial charge on any atom is 0.278 e. The summed E-state index contributed by atoms with van der Waals surface area (Å²) in [5.41, 5.74) is 1.58. The summed E-state index contributed by atoms with van der Waals surface area (Å²) in [6, 6.07) is 1.77. The van der Waals surface area contributed by atoms with Gasteiger partial charge in [0.15, 0.2) is 0 Å². The van der Waals surface area contributed by atoms with E-state index < -0.39 is 0 Å². The van der Waals surface area contributed by atoms with Crippen molar-refractivity contribution < 1.29 is 4.79 Å². The molecule has 2 aliphatic heterocycles. The molecule has 0 saturated carbocycles. The van der Waals surface area contributed by atoms with Crippen LogP contribution in [0.1, 0.15) is 6.92 Å². The third-order valence-electron chi connectivity index (χ3n) is 6.07. The summed E-state index contributed by atoms with van der Waals surface area (Å²) in [6.45, 7) is 4.53. The first kappa shape index (κ1) is 20.1. The number of amides is 1. The van der Waals surface area contributed by atoms with E-state index in [4.69, 9.17) is 11.6 Å². The van der Waals surface area contributed by atoms with Crippen molar-refractivity contribution in [3.8, 4) is 0 Å². The van der Waals surface area contributed by atoms with Crippen molar-refractivity contribution >= 4 is 39.9 Å². The van der Waals surface area contributed by atoms with Gasteiger partial charge >= 0.3 is 0 Å². The first-order chi connectivity index (χ1) is 13.7. The van der Waals surface area contributed by atoms with Crippen molar-refractivity contribution in [3.05, 3.63) is 27.6 Å². The summed E-state index contributed by atoms with van der Waals surface area (Å²) in [5, 5.41) is 1.31. The molecule has 156 valence electrons. The zero-order chi connectivity index (χ0) is 21.0. The highest BCUT2D eigenvalue weighted by molar-refractivity contribution is 6.31. The van der Waals surface area contributed by atoms with Crippen molar-refractivity contribution in [1.29, 1.82) is 0 Å². The third kappa shape index (κ3) is 3.19. The summed E-state index contributed by atoms with van der Waals surface area (Å²) < 4.78 is 1.51. The van der Waals surface area contributed by atoms with E-state index in [-0.39, 0.29) is 23.6 Å². The Morgan fingerprint density at radius 3 is 2.62 bits per heavy atom. The van der Waals surface area contributed by atoms with Gasteiger partial charge < -0.3 is 14.7 Å². The van der Waals surface area contributed by atoms with E-state index >= 15 is 0 Å². The highest BCUT2D eigenvalue weighted by Crippen LogP contribution is 2.41. The van der Waals surface area contributed by atoms with Gasteiger partial charge in [0.25, 0.3) is 11.5 Å². The summed E-state index contributed by atoms with van der Waals surface area (Å²) in [5.74, 6) is -0.0236. The molecule has 0 aliphatic carbocycles. The zero-order valence-corrected chi connectivity index (χ0v) is 18.3. The zero-order valence-electron chi connectivity index (χ0n) is 17.5. The topological polar surface area (TPSA) is 64.9 Å². The lowest BCUT2D eigenvalue weighted by molar-refractivity contribution is -0.121. The van der Waals surface area contributed by atoms with Crippen LogP contribution in [0.15, 0.2) is 17.1 Å². The van der Waals surface area contributed by atoms with Gasteiger partial charge in [-0.2, -0.15) is 0 Å². The molecule has 0 aromatic carbocycles. The second-order valence-corrected chi connectivity index (χ2v) is 8.77. The molecule has 29 heavy (non-hydrogen) atoms. The number of aromatic nitrogens is 2. The molecule has 1 saturated heterocycles. The second kappa shape index (κ2) is 7.27. The Hall–Kier alpha value is -2.16. The minimum absolute atomic E-state index is 0.0236. The van der Waals surface area contributed by atoms with Gasteiger partial charge in [-0.1, -0.05) is 11.6 Å². The largest absolute Gasteiger partial charge is 0.354 e. The molecule has 0 bridgehead atoms. The molecular weight excluding hydrogens is 392 g/mol. The van der Waals surface area contributed by atoms with Crippen LogP contribution in [0.5, 0.6) is 0 Å². The average molecular weight is 419 g/mol. The van der Waals surface area contributed by atoms with Gasteiger partial charge in [0, 0.05) is 50.9 Å². The van der Waals surface area contributed by atoms with Gasteiger partial charge in [-0.15, -0.1) is 0 Å². The molecule has 0 spiro atoms. The maximum atomic E-state index is 13.5. The number of nitrogens with zero attached hydrogens (tertiary/aromatic N) is 6. The number of anilines is 2. The Bertz CT molecular complexity index is 1040. The van der Waals surface area contributed by atoms with E-state index in [0.29, 0.717) is 42.5 Å². The Balaban J connectivity index is 2.01. The van der Waals surface area contributed by atoms with Gasteiger partial charge in [-0.25, -0.2) is 4.98 Å². The lowest BCUT2D eigenvalue weighted by Crippen LogP contribution is -2.65. The highest BCUT2D eigenvalue weighted by atomic mass is 35.5. The molecular formula is C20H27ClN6O2. The van der Waals surface area contributed by atoms with Crippen molar-refractivity contribution in [2.24, 2.45) is 7.05 Å². The number of carbonyl (C=O) groups excluding carboxylic acids is 1. The molecule has 2 atom stereocenters. The summed E-state index contributed by atoms with van der Waals surface area (Å²) >= 11 is 6.28. The van der Waals surface area contributed by atoms with Gasteiger partial charge in [-0.3, -0.25) is 19.1 Å². The fraction of sp³-hybridized carbons (Fsp3) is 0.550. The molecule has 4 rings (SSSR count). The number of aryl methyl sites for hydroxylation is 1. The smallest absolute Gasteiger partial charge is 0.278 e. The van der Waals surface area contributed by atoms with E-state index in [1.165, 1.54) is 4.57 Å². The molecule has 1 fully saturated rings. The number of halogens is 1. The quantitative estimate of drug-likeness (QED) is 0.741. The SMILES string of the molecule is CC1CN2c3c(c(=O)n(C)c4ncc(Cl)cc34)N(CCN(C)C)C(=O)C2CN1C. The minimum atomic E-state index is -0.333. The van der Waals surface area contributed by atoms with Crippen LogP contribution in [-0.4, -0.2) is 84.7 Å². The van der Waals surface area contributed by atoms with Crippen molar-refractivity contribution in [2.45, 2.75) is 19.0 Å². The Morgan fingerprint density at radius 2 is 1.93 bits per heavy atom. The standard InChI is InChI=1S/C20H27ClN6O2/c1-12-10-27-15(11-24(12)4)19(28)26(7-6-23(2)3)17-16(27)14-8-13(21)9-22-18(14)25(5)20(17)29/h8-9,12,15H,6-7,10-11H2,1-5H3. The molecule has 2 unspecified atom stereocenters. The summed E-state index contributed by atoms with van der Waals surface area (Å²) in [7, 11) is 7.65. The van der Waals surface area contributed by atoms with E-state index in [2.05, 4.69) is 21.7 Å². The molecule has 2 aliphatic rings. The minimum Gasteiger partial charge on any atom is -0.354 e. The van der Waals surface area contributed by atoms with Gasteiger partial charge in [0.1, 0.15) is 17.4 Å². The summed E-state index contributed by atoms with van der Waals surface area (Å²) in [4.78, 5) is 39.3. The van der Waals surface area contributed by atoms with E-state index in [1.807, 2.05) is 32.1 Å². The van der Waals surface area contributed by atoms with Crippen molar-refractivity contribution in [2.75, 3.05) is 57.1 Å². The van der Waals surface area contributed by atoms with Crippen LogP contribution in [0.2, 0.25) is 5.02 Å². The van der Waals surface area contributed by atoms with Gasteiger partial charge in [0.2, 0.25) is 0 Å². The van der Waals surface area contributed by atoms with Crippen LogP contribution in [0.3, 0.4) is 0 Å². The molecule has 4 heterocycles. The van der Waals surface area contributed by atoms with E-state index in [1.54, 1.807) is 18.1 Å². The molecule has 8 nitrogen and oxygen atoms in total. The van der Waals surface area contributed by atoms with E-state index in [0.717, 1.165) is 11.1 Å². The number of piperazine rings is 1. The Labute approximate surface area is 175 Å². The van der Waals surface area contributed by atoms with Crippen LogP contribution in [0.4, 0.5) is 11.4 Å². The molecule has 9 heteroatoms. The predicted molar refractivity (Wildman–Crippen MR) is 116 cm³/mol. The number of likely N-dealkylation sites (N-methyl/N-ethyl adjacent to an activating group) is 2. The lowest BCUT2D eigenvalue weighted by Gasteiger charge is -2.49. The normalized spacial score (nSPS) is 22.4. The molecule has 0 N–H and O–H groups in total. The molecule has 0 radical (unpaired) electrons. The molecule has 2 aromatic rings. The van der Waals surface area contributed by atoms with Crippen molar-refractivity contribution in [1.82, 2.24) is 19.4 Å². The fourth-order valence-electron chi connectivity index (χ4n) is 4.26. The van der Waals surface area contributed by atoms with Crippen LogP contribution in [0, 0.1) is 0 Å². The predicted octanol–water partition coefficient (Wildman–Crippen LogP) is 1.00. The third-order valence-corrected chi connectivity index (χ3v) is 6.27. The van der Waals surface area contributed by atoms with Crippen molar-refractivity contribution in [3.63, 3.8) is 0 Å². The lowest BCUT2D eigenvalue weighted by atomic mass is 9.99. The van der Waals surface area contributed by atoms with Crippen LogP contribution < -0.4 is 15.4 Å². The Kier molecular flexibility index (Phi) is 5.04.